The van der Waals surface area contributed by atoms with Crippen LogP contribution in [-0.4, -0.2) is 16.0 Å². The third-order valence-corrected chi connectivity index (χ3v) is 4.03. The lowest BCUT2D eigenvalue weighted by atomic mass is 10.2. The van der Waals surface area contributed by atoms with Gasteiger partial charge in [0.2, 0.25) is 0 Å². The normalized spacial score (nSPS) is 10.4. The van der Waals surface area contributed by atoms with Gasteiger partial charge in [-0.25, -0.2) is 9.18 Å². The summed E-state index contributed by atoms with van der Waals surface area (Å²) >= 11 is 1.58. The minimum atomic E-state index is -0.318. The number of urea groups is 1. The Bertz CT molecular complexity index is 806. The van der Waals surface area contributed by atoms with Crippen LogP contribution in [0.4, 0.5) is 9.18 Å². The van der Waals surface area contributed by atoms with Crippen LogP contribution in [0.1, 0.15) is 11.3 Å². The first-order chi connectivity index (χ1) is 11.7. The van der Waals surface area contributed by atoms with Gasteiger partial charge in [-0.1, -0.05) is 12.1 Å². The maximum absolute atomic E-state index is 12.8. The van der Waals surface area contributed by atoms with Crippen molar-refractivity contribution in [2.45, 2.75) is 13.1 Å². The number of hydrogen-bond acceptors (Lipinski definition) is 4. The molecule has 0 unspecified atom stereocenters. The fourth-order valence-corrected chi connectivity index (χ4v) is 2.79. The Kier molecular flexibility index (Phi) is 5.12. The minimum Gasteiger partial charge on any atom is -0.334 e. The highest BCUT2D eigenvalue weighted by atomic mass is 32.1. The third-order valence-electron chi connectivity index (χ3n) is 3.35. The van der Waals surface area contributed by atoms with Crippen LogP contribution < -0.4 is 10.6 Å². The molecule has 0 aliphatic rings. The summed E-state index contributed by atoms with van der Waals surface area (Å²) in [4.78, 5) is 20.5. The van der Waals surface area contributed by atoms with Gasteiger partial charge in [-0.15, -0.1) is 0 Å². The Morgan fingerprint density at radius 3 is 2.54 bits per heavy atom. The molecule has 0 fully saturated rings. The number of benzene rings is 1. The van der Waals surface area contributed by atoms with Crippen molar-refractivity contribution >= 4 is 17.4 Å². The number of nitrogens with zero attached hydrogens (tertiary/aromatic N) is 2. The highest BCUT2D eigenvalue weighted by Gasteiger charge is 2.09. The van der Waals surface area contributed by atoms with E-state index >= 15 is 0 Å². The maximum Gasteiger partial charge on any atom is 0.315 e. The predicted octanol–water partition coefficient (Wildman–Crippen LogP) is 3.34. The quantitative estimate of drug-likeness (QED) is 0.747. The molecule has 0 aliphatic heterocycles. The zero-order chi connectivity index (χ0) is 16.8. The first-order valence-electron chi connectivity index (χ1n) is 7.31. The summed E-state index contributed by atoms with van der Waals surface area (Å²) in [7, 11) is 0. The van der Waals surface area contributed by atoms with Crippen LogP contribution in [-0.2, 0) is 13.1 Å². The average molecular weight is 342 g/mol. The highest BCUT2D eigenvalue weighted by molar-refractivity contribution is 7.08. The largest absolute Gasteiger partial charge is 0.334 e. The fraction of sp³-hybridized carbons (Fsp3) is 0.118. The zero-order valence-corrected chi connectivity index (χ0v) is 13.5. The number of amides is 2. The zero-order valence-electron chi connectivity index (χ0n) is 12.7. The molecule has 0 atom stereocenters. The summed E-state index contributed by atoms with van der Waals surface area (Å²) in [5.41, 5.74) is 3.27. The number of carbonyl (C=O) groups excluding carboxylic acids is 1. The number of carbonyl (C=O) groups is 1. The molecule has 0 radical (unpaired) electrons. The van der Waals surface area contributed by atoms with E-state index in [-0.39, 0.29) is 18.4 Å². The predicted molar refractivity (Wildman–Crippen MR) is 90.8 cm³/mol. The van der Waals surface area contributed by atoms with Crippen LogP contribution >= 0.6 is 11.3 Å². The number of thiophene rings is 1. The van der Waals surface area contributed by atoms with Gasteiger partial charge in [0.15, 0.2) is 0 Å². The standard InChI is InChI=1S/C17H15FN4OS/c18-14-3-1-12(2-4-14)9-21-17(23)22-10-15-16(20-7-6-19-15)13-5-8-24-11-13/h1-8,11H,9-10H2,(H2,21,22,23). The molecular weight excluding hydrogens is 327 g/mol. The van der Waals surface area contributed by atoms with E-state index in [1.165, 1.54) is 12.1 Å². The van der Waals surface area contributed by atoms with E-state index in [0.29, 0.717) is 12.2 Å². The lowest BCUT2D eigenvalue weighted by Gasteiger charge is -2.09. The molecule has 1 aromatic carbocycles. The molecule has 2 aromatic heterocycles. The summed E-state index contributed by atoms with van der Waals surface area (Å²) in [6, 6.07) is 7.64. The van der Waals surface area contributed by atoms with Gasteiger partial charge in [0.1, 0.15) is 5.82 Å². The molecule has 122 valence electrons. The molecule has 0 saturated carbocycles. The lowest BCUT2D eigenvalue weighted by molar-refractivity contribution is 0.240. The Balaban J connectivity index is 1.56. The minimum absolute atomic E-state index is 0.272. The maximum atomic E-state index is 12.8. The summed E-state index contributed by atoms with van der Waals surface area (Å²) in [6.45, 7) is 0.595. The second kappa shape index (κ2) is 7.65. The second-order valence-electron chi connectivity index (χ2n) is 5.03. The molecule has 2 heterocycles. The molecular formula is C17H15FN4OS. The third kappa shape index (κ3) is 4.14. The molecule has 3 rings (SSSR count). The first kappa shape index (κ1) is 16.1. The second-order valence-corrected chi connectivity index (χ2v) is 5.81. The van der Waals surface area contributed by atoms with Gasteiger partial charge in [0, 0.05) is 29.9 Å². The van der Waals surface area contributed by atoms with E-state index in [2.05, 4.69) is 20.6 Å². The van der Waals surface area contributed by atoms with Crippen LogP contribution in [0.2, 0.25) is 0 Å². The molecule has 0 spiro atoms. The van der Waals surface area contributed by atoms with Gasteiger partial charge < -0.3 is 10.6 Å². The summed E-state index contributed by atoms with van der Waals surface area (Å²) in [6.07, 6.45) is 3.23. The van der Waals surface area contributed by atoms with Gasteiger partial charge >= 0.3 is 6.03 Å². The summed E-state index contributed by atoms with van der Waals surface area (Å²) < 4.78 is 12.8. The molecule has 5 nitrogen and oxygen atoms in total. The van der Waals surface area contributed by atoms with E-state index in [1.54, 1.807) is 35.9 Å². The SMILES string of the molecule is O=C(NCc1ccc(F)cc1)NCc1nccnc1-c1ccsc1. The van der Waals surface area contributed by atoms with Crippen molar-refractivity contribution in [3.63, 3.8) is 0 Å². The van der Waals surface area contributed by atoms with Crippen molar-refractivity contribution in [2.24, 2.45) is 0 Å². The van der Waals surface area contributed by atoms with Crippen LogP contribution in [0.25, 0.3) is 11.3 Å². The molecule has 2 N–H and O–H groups in total. The van der Waals surface area contributed by atoms with Crippen molar-refractivity contribution in [2.75, 3.05) is 0 Å². The van der Waals surface area contributed by atoms with Crippen molar-refractivity contribution in [3.8, 4) is 11.3 Å². The van der Waals surface area contributed by atoms with Crippen molar-refractivity contribution in [1.82, 2.24) is 20.6 Å². The summed E-state index contributed by atoms with van der Waals surface area (Å²) in [5, 5.41) is 9.44. The van der Waals surface area contributed by atoms with Crippen LogP contribution in [0.15, 0.2) is 53.5 Å². The van der Waals surface area contributed by atoms with E-state index in [0.717, 1.165) is 16.8 Å². The number of aromatic nitrogens is 2. The van der Waals surface area contributed by atoms with E-state index < -0.39 is 0 Å². The molecule has 0 saturated heterocycles. The van der Waals surface area contributed by atoms with Gasteiger partial charge in [-0.3, -0.25) is 9.97 Å². The van der Waals surface area contributed by atoms with Crippen LogP contribution in [0.3, 0.4) is 0 Å². The van der Waals surface area contributed by atoms with Gasteiger partial charge in [0.05, 0.1) is 17.9 Å². The van der Waals surface area contributed by atoms with Gasteiger partial charge in [-0.2, -0.15) is 11.3 Å². The van der Waals surface area contributed by atoms with E-state index in [4.69, 9.17) is 0 Å². The van der Waals surface area contributed by atoms with Crippen LogP contribution in [0, 0.1) is 5.82 Å². The van der Waals surface area contributed by atoms with Gasteiger partial charge in [0.25, 0.3) is 0 Å². The van der Waals surface area contributed by atoms with Crippen molar-refractivity contribution in [1.29, 1.82) is 0 Å². The summed E-state index contributed by atoms with van der Waals surface area (Å²) in [5.74, 6) is -0.299. The van der Waals surface area contributed by atoms with Crippen molar-refractivity contribution in [3.05, 3.63) is 70.6 Å². The number of hydrogen-bond donors (Lipinski definition) is 2. The number of rotatable bonds is 5. The number of halogens is 1. The Hall–Kier alpha value is -2.80. The molecule has 2 amide bonds. The Morgan fingerprint density at radius 2 is 1.79 bits per heavy atom. The molecule has 0 bridgehead atoms. The van der Waals surface area contributed by atoms with Gasteiger partial charge in [-0.05, 0) is 29.1 Å². The molecule has 24 heavy (non-hydrogen) atoms. The number of nitrogens with one attached hydrogen (secondary N) is 2. The molecule has 3 aromatic rings. The smallest absolute Gasteiger partial charge is 0.315 e. The Morgan fingerprint density at radius 1 is 1.04 bits per heavy atom. The average Bonchev–Trinajstić information content (AvgIpc) is 3.14. The highest BCUT2D eigenvalue weighted by Crippen LogP contribution is 2.22. The monoisotopic (exact) mass is 342 g/mol. The topological polar surface area (TPSA) is 66.9 Å². The Labute approximate surface area is 142 Å². The molecule has 0 aliphatic carbocycles. The first-order valence-corrected chi connectivity index (χ1v) is 8.25. The molecule has 7 heteroatoms. The fourth-order valence-electron chi connectivity index (χ4n) is 2.15. The lowest BCUT2D eigenvalue weighted by Crippen LogP contribution is -2.34. The van der Waals surface area contributed by atoms with E-state index in [1.807, 2.05) is 16.8 Å². The van der Waals surface area contributed by atoms with E-state index in [9.17, 15) is 9.18 Å². The van der Waals surface area contributed by atoms with Crippen molar-refractivity contribution < 1.29 is 9.18 Å². The van der Waals surface area contributed by atoms with Crippen LogP contribution in [0.5, 0.6) is 0 Å².